The predicted octanol–water partition coefficient (Wildman–Crippen LogP) is 3.73. The molecule has 0 spiro atoms. The van der Waals surface area contributed by atoms with Crippen LogP contribution in [0.3, 0.4) is 0 Å². The molecule has 0 fully saturated rings. The number of hydrogen-bond acceptors (Lipinski definition) is 3. The van der Waals surface area contributed by atoms with Gasteiger partial charge < -0.3 is 5.32 Å². The third-order valence-electron chi connectivity index (χ3n) is 4.16. The first-order valence-corrected chi connectivity index (χ1v) is 7.91. The molecular weight excluding hydrogens is 284 g/mol. The molecule has 0 amide bonds. The van der Waals surface area contributed by atoms with E-state index in [2.05, 4.69) is 43.2 Å². The molecule has 1 aromatic carbocycles. The highest BCUT2D eigenvalue weighted by Gasteiger charge is 2.14. The molecule has 1 atom stereocenters. The quantitative estimate of drug-likeness (QED) is 0.781. The smallest absolute Gasteiger partial charge is 0.0648 e. The first-order chi connectivity index (χ1) is 11.2. The number of nitrogens with zero attached hydrogens (tertiary/aromatic N) is 3. The molecule has 3 rings (SSSR count). The summed E-state index contributed by atoms with van der Waals surface area (Å²) >= 11 is 0. The van der Waals surface area contributed by atoms with Gasteiger partial charge in [-0.2, -0.15) is 5.10 Å². The van der Waals surface area contributed by atoms with Gasteiger partial charge in [0.15, 0.2) is 0 Å². The van der Waals surface area contributed by atoms with Gasteiger partial charge in [-0.3, -0.25) is 4.98 Å². The van der Waals surface area contributed by atoms with Crippen LogP contribution in [0.25, 0.3) is 5.69 Å². The number of aryl methyl sites for hydroxylation is 1. The second-order valence-corrected chi connectivity index (χ2v) is 5.75. The molecule has 1 N–H and O–H groups in total. The minimum absolute atomic E-state index is 0.204. The molecule has 0 aliphatic heterocycles. The molecule has 0 radical (unpaired) electrons. The Bertz CT molecular complexity index is 763. The molecule has 118 valence electrons. The van der Waals surface area contributed by atoms with Crippen LogP contribution in [0, 0.1) is 13.8 Å². The Morgan fingerprint density at radius 2 is 1.78 bits per heavy atom. The van der Waals surface area contributed by atoms with Gasteiger partial charge in [0.05, 0.1) is 17.1 Å². The summed E-state index contributed by atoms with van der Waals surface area (Å²) in [5, 5.41) is 8.24. The van der Waals surface area contributed by atoms with E-state index in [1.807, 2.05) is 47.3 Å². The molecule has 0 saturated heterocycles. The molecule has 3 aromatic rings. The fourth-order valence-corrected chi connectivity index (χ4v) is 2.74. The van der Waals surface area contributed by atoms with E-state index in [0.717, 1.165) is 23.6 Å². The second-order valence-electron chi connectivity index (χ2n) is 5.75. The zero-order chi connectivity index (χ0) is 16.2. The number of pyridine rings is 1. The van der Waals surface area contributed by atoms with Crippen molar-refractivity contribution < 1.29 is 0 Å². The molecule has 0 aliphatic rings. The SMILES string of the molecule is Cc1nn(-c2ccccc2)c(C)c1CNC(C)c1ccccn1. The summed E-state index contributed by atoms with van der Waals surface area (Å²) in [5.41, 5.74) is 5.63. The molecule has 0 saturated carbocycles. The zero-order valence-electron chi connectivity index (χ0n) is 13.8. The van der Waals surface area contributed by atoms with Crippen LogP contribution >= 0.6 is 0 Å². The molecular formula is C19H22N4. The minimum atomic E-state index is 0.204. The molecule has 2 aromatic heterocycles. The molecule has 1 unspecified atom stereocenters. The highest BCUT2D eigenvalue weighted by molar-refractivity contribution is 5.36. The molecule has 0 aliphatic carbocycles. The van der Waals surface area contributed by atoms with E-state index in [4.69, 9.17) is 5.10 Å². The van der Waals surface area contributed by atoms with Gasteiger partial charge in [-0.25, -0.2) is 4.68 Å². The lowest BCUT2D eigenvalue weighted by Gasteiger charge is -2.13. The summed E-state index contributed by atoms with van der Waals surface area (Å²) in [6.07, 6.45) is 1.83. The van der Waals surface area contributed by atoms with Gasteiger partial charge in [0.2, 0.25) is 0 Å². The highest BCUT2D eigenvalue weighted by atomic mass is 15.3. The second kappa shape index (κ2) is 6.75. The Morgan fingerprint density at radius 1 is 1.04 bits per heavy atom. The standard InChI is InChI=1S/C19H22N4/c1-14-18(13-21-15(2)19-11-7-8-12-20-19)16(3)23(22-14)17-9-5-4-6-10-17/h4-12,15,21H,13H2,1-3H3. The summed E-state index contributed by atoms with van der Waals surface area (Å²) in [6, 6.07) is 16.4. The summed E-state index contributed by atoms with van der Waals surface area (Å²) in [6.45, 7) is 7.10. The van der Waals surface area contributed by atoms with E-state index in [9.17, 15) is 0 Å². The number of hydrogen-bond donors (Lipinski definition) is 1. The maximum absolute atomic E-state index is 4.69. The number of aromatic nitrogens is 3. The van der Waals surface area contributed by atoms with Crippen molar-refractivity contribution in [2.45, 2.75) is 33.4 Å². The summed E-state index contributed by atoms with van der Waals surface area (Å²) < 4.78 is 2.01. The summed E-state index contributed by atoms with van der Waals surface area (Å²) in [4.78, 5) is 4.41. The third-order valence-corrected chi connectivity index (χ3v) is 4.16. The number of para-hydroxylation sites is 1. The van der Waals surface area contributed by atoms with Gasteiger partial charge in [0, 0.05) is 30.0 Å². The average molecular weight is 306 g/mol. The van der Waals surface area contributed by atoms with E-state index >= 15 is 0 Å². The zero-order valence-corrected chi connectivity index (χ0v) is 13.8. The van der Waals surface area contributed by atoms with Crippen LogP contribution in [-0.4, -0.2) is 14.8 Å². The molecule has 4 nitrogen and oxygen atoms in total. The lowest BCUT2D eigenvalue weighted by Crippen LogP contribution is -2.19. The van der Waals surface area contributed by atoms with Gasteiger partial charge in [0.25, 0.3) is 0 Å². The summed E-state index contributed by atoms with van der Waals surface area (Å²) in [5.74, 6) is 0. The average Bonchev–Trinajstić information content (AvgIpc) is 2.88. The van der Waals surface area contributed by atoms with Crippen LogP contribution in [0.2, 0.25) is 0 Å². The van der Waals surface area contributed by atoms with Crippen LogP contribution < -0.4 is 5.32 Å². The maximum Gasteiger partial charge on any atom is 0.0648 e. The maximum atomic E-state index is 4.69. The van der Waals surface area contributed by atoms with Gasteiger partial charge in [-0.1, -0.05) is 24.3 Å². The lowest BCUT2D eigenvalue weighted by molar-refractivity contribution is 0.559. The Labute approximate surface area is 137 Å². The fourth-order valence-electron chi connectivity index (χ4n) is 2.74. The van der Waals surface area contributed by atoms with Crippen LogP contribution in [0.4, 0.5) is 0 Å². The Balaban J connectivity index is 1.78. The van der Waals surface area contributed by atoms with Crippen molar-refractivity contribution in [3.63, 3.8) is 0 Å². The first-order valence-electron chi connectivity index (χ1n) is 7.91. The molecule has 2 heterocycles. The fraction of sp³-hybridized carbons (Fsp3) is 0.263. The Kier molecular flexibility index (Phi) is 4.53. The molecule has 23 heavy (non-hydrogen) atoms. The van der Waals surface area contributed by atoms with Crippen LogP contribution in [0.15, 0.2) is 54.7 Å². The van der Waals surface area contributed by atoms with Crippen molar-refractivity contribution in [3.8, 4) is 5.69 Å². The third kappa shape index (κ3) is 3.32. The van der Waals surface area contributed by atoms with Crippen molar-refractivity contribution in [2.24, 2.45) is 0 Å². The van der Waals surface area contributed by atoms with E-state index < -0.39 is 0 Å². The monoisotopic (exact) mass is 306 g/mol. The van der Waals surface area contributed by atoms with Crippen molar-refractivity contribution in [1.82, 2.24) is 20.1 Å². The number of rotatable bonds is 5. The predicted molar refractivity (Wildman–Crippen MR) is 92.5 cm³/mol. The van der Waals surface area contributed by atoms with E-state index in [-0.39, 0.29) is 6.04 Å². The topological polar surface area (TPSA) is 42.7 Å². The van der Waals surface area contributed by atoms with Gasteiger partial charge in [-0.05, 0) is 45.0 Å². The Morgan fingerprint density at radius 3 is 2.48 bits per heavy atom. The van der Waals surface area contributed by atoms with E-state index in [1.165, 1.54) is 11.3 Å². The van der Waals surface area contributed by atoms with Gasteiger partial charge in [0.1, 0.15) is 0 Å². The van der Waals surface area contributed by atoms with Gasteiger partial charge in [-0.15, -0.1) is 0 Å². The largest absolute Gasteiger partial charge is 0.305 e. The molecule has 0 bridgehead atoms. The normalized spacial score (nSPS) is 12.3. The van der Waals surface area contributed by atoms with E-state index in [0.29, 0.717) is 0 Å². The minimum Gasteiger partial charge on any atom is -0.305 e. The van der Waals surface area contributed by atoms with Crippen molar-refractivity contribution >= 4 is 0 Å². The van der Waals surface area contributed by atoms with Crippen LogP contribution in [0.5, 0.6) is 0 Å². The van der Waals surface area contributed by atoms with Gasteiger partial charge >= 0.3 is 0 Å². The van der Waals surface area contributed by atoms with Crippen molar-refractivity contribution in [3.05, 3.63) is 77.4 Å². The first kappa shape index (κ1) is 15.4. The Hall–Kier alpha value is -2.46. The summed E-state index contributed by atoms with van der Waals surface area (Å²) in [7, 11) is 0. The highest BCUT2D eigenvalue weighted by Crippen LogP contribution is 2.19. The number of benzene rings is 1. The van der Waals surface area contributed by atoms with Crippen LogP contribution in [-0.2, 0) is 6.54 Å². The van der Waals surface area contributed by atoms with Crippen molar-refractivity contribution in [1.29, 1.82) is 0 Å². The lowest BCUT2D eigenvalue weighted by atomic mass is 10.1. The van der Waals surface area contributed by atoms with Crippen molar-refractivity contribution in [2.75, 3.05) is 0 Å². The number of nitrogens with one attached hydrogen (secondary N) is 1. The van der Waals surface area contributed by atoms with Crippen LogP contribution in [0.1, 0.15) is 35.6 Å². The molecule has 4 heteroatoms. The van der Waals surface area contributed by atoms with E-state index in [1.54, 1.807) is 0 Å².